The van der Waals surface area contributed by atoms with Crippen molar-refractivity contribution in [2.45, 2.75) is 12.5 Å². The van der Waals surface area contributed by atoms with Crippen LogP contribution < -0.4 is 11.1 Å². The summed E-state index contributed by atoms with van der Waals surface area (Å²) >= 11 is 6.26. The molecule has 5 rings (SSSR count). The molecule has 0 aliphatic heterocycles. The van der Waals surface area contributed by atoms with Gasteiger partial charge in [0.1, 0.15) is 11.3 Å². The smallest absolute Gasteiger partial charge is 0.162 e. The van der Waals surface area contributed by atoms with Crippen LogP contribution in [0.2, 0.25) is 5.02 Å². The van der Waals surface area contributed by atoms with Gasteiger partial charge in [0.05, 0.1) is 5.69 Å². The lowest BCUT2D eigenvalue weighted by Crippen LogP contribution is -2.31. The molecule has 0 saturated heterocycles. The summed E-state index contributed by atoms with van der Waals surface area (Å²) in [5.41, 5.74) is 10.9. The van der Waals surface area contributed by atoms with E-state index >= 15 is 0 Å². The Labute approximate surface area is 202 Å². The average Bonchev–Trinajstić information content (AvgIpc) is 2.88. The molecule has 0 bridgehead atoms. The molecule has 7 heteroatoms. The van der Waals surface area contributed by atoms with Crippen LogP contribution in [-0.2, 0) is 6.42 Å². The Balaban J connectivity index is 1.55. The second kappa shape index (κ2) is 9.95. The minimum Gasteiger partial charge on any atom is -0.368 e. The van der Waals surface area contributed by atoms with Gasteiger partial charge in [-0.1, -0.05) is 54.1 Å². The Bertz CT molecular complexity index is 1410. The molecule has 0 amide bonds. The monoisotopic (exact) mass is 466 g/mol. The van der Waals surface area contributed by atoms with E-state index in [0.29, 0.717) is 23.2 Å². The maximum Gasteiger partial charge on any atom is 0.162 e. The van der Waals surface area contributed by atoms with E-state index in [1.165, 1.54) is 5.56 Å². The first-order chi connectivity index (χ1) is 16.7. The highest BCUT2D eigenvalue weighted by molar-refractivity contribution is 6.30. The Morgan fingerprint density at radius 3 is 2.47 bits per heavy atom. The SMILES string of the molecule is N[C@H](CNc1nc(-c2ccncc2)nc2c(-c3cccc(Cl)c3)nccc12)Cc1ccccc1. The lowest BCUT2D eigenvalue weighted by molar-refractivity contribution is 0.698. The van der Waals surface area contributed by atoms with Crippen LogP contribution in [-0.4, -0.2) is 32.5 Å². The number of rotatable bonds is 7. The first-order valence-corrected chi connectivity index (χ1v) is 11.4. The second-order valence-electron chi connectivity index (χ2n) is 8.03. The molecular formula is C27H23ClN6. The van der Waals surface area contributed by atoms with E-state index in [2.05, 4.69) is 27.4 Å². The minimum atomic E-state index is -0.0778. The highest BCUT2D eigenvalue weighted by Gasteiger charge is 2.15. The van der Waals surface area contributed by atoms with Crippen molar-refractivity contribution in [1.82, 2.24) is 19.9 Å². The number of nitrogens with two attached hydrogens (primary N) is 1. The fourth-order valence-electron chi connectivity index (χ4n) is 3.88. The van der Waals surface area contributed by atoms with Crippen LogP contribution in [0.15, 0.2) is 91.4 Å². The number of nitrogens with one attached hydrogen (secondary N) is 1. The van der Waals surface area contributed by atoms with E-state index in [-0.39, 0.29) is 6.04 Å². The maximum absolute atomic E-state index is 6.44. The molecule has 6 nitrogen and oxygen atoms in total. The van der Waals surface area contributed by atoms with E-state index in [1.54, 1.807) is 18.6 Å². The van der Waals surface area contributed by atoms with Crippen molar-refractivity contribution in [1.29, 1.82) is 0 Å². The van der Waals surface area contributed by atoms with Gasteiger partial charge >= 0.3 is 0 Å². The number of aromatic nitrogens is 4. The molecule has 3 heterocycles. The van der Waals surface area contributed by atoms with Gasteiger partial charge in [0.25, 0.3) is 0 Å². The van der Waals surface area contributed by atoms with Gasteiger partial charge in [0.15, 0.2) is 5.82 Å². The molecule has 168 valence electrons. The summed E-state index contributed by atoms with van der Waals surface area (Å²) in [5.74, 6) is 1.30. The zero-order valence-electron chi connectivity index (χ0n) is 18.4. The van der Waals surface area contributed by atoms with Gasteiger partial charge in [-0.2, -0.15) is 0 Å². The molecule has 5 aromatic rings. The van der Waals surface area contributed by atoms with E-state index in [1.807, 2.05) is 60.7 Å². The van der Waals surface area contributed by atoms with Gasteiger partial charge in [-0.25, -0.2) is 9.97 Å². The molecule has 0 saturated carbocycles. The molecule has 3 aromatic heterocycles. The van der Waals surface area contributed by atoms with Crippen molar-refractivity contribution in [2.75, 3.05) is 11.9 Å². The molecular weight excluding hydrogens is 444 g/mol. The van der Waals surface area contributed by atoms with Crippen LogP contribution in [0.1, 0.15) is 5.56 Å². The van der Waals surface area contributed by atoms with E-state index in [9.17, 15) is 0 Å². The maximum atomic E-state index is 6.44. The number of pyridine rings is 2. The summed E-state index contributed by atoms with van der Waals surface area (Å²) in [7, 11) is 0. The standard InChI is InChI=1S/C27H23ClN6/c28-21-8-4-7-20(16-21)24-25-23(11-14-31-24)27(34-26(33-25)19-9-12-30-13-10-19)32-17-22(29)15-18-5-2-1-3-6-18/h1-14,16,22H,15,17,29H2,(H,32,33,34)/t22-/m0/s1. The lowest BCUT2D eigenvalue weighted by Gasteiger charge is -2.16. The Morgan fingerprint density at radius 1 is 0.853 bits per heavy atom. The molecule has 2 aromatic carbocycles. The molecule has 0 spiro atoms. The third-order valence-electron chi connectivity index (χ3n) is 5.52. The lowest BCUT2D eigenvalue weighted by atomic mass is 10.1. The number of hydrogen-bond donors (Lipinski definition) is 2. The van der Waals surface area contributed by atoms with Gasteiger partial charge < -0.3 is 11.1 Å². The zero-order valence-corrected chi connectivity index (χ0v) is 19.2. The van der Waals surface area contributed by atoms with Crippen LogP contribution in [0.4, 0.5) is 5.82 Å². The Morgan fingerprint density at radius 2 is 1.68 bits per heavy atom. The van der Waals surface area contributed by atoms with Crippen molar-refractivity contribution >= 4 is 28.3 Å². The highest BCUT2D eigenvalue weighted by Crippen LogP contribution is 2.31. The minimum absolute atomic E-state index is 0.0778. The summed E-state index contributed by atoms with van der Waals surface area (Å²) in [4.78, 5) is 18.5. The van der Waals surface area contributed by atoms with Crippen LogP contribution >= 0.6 is 11.6 Å². The number of fused-ring (bicyclic) bond motifs is 1. The first-order valence-electron chi connectivity index (χ1n) is 11.0. The number of halogens is 1. The number of benzene rings is 2. The molecule has 3 N–H and O–H groups in total. The van der Waals surface area contributed by atoms with Gasteiger partial charge in [0, 0.05) is 52.7 Å². The summed E-state index contributed by atoms with van der Waals surface area (Å²) in [5, 5.41) is 4.98. The van der Waals surface area contributed by atoms with E-state index in [4.69, 9.17) is 27.3 Å². The first kappa shape index (κ1) is 21.9. The topological polar surface area (TPSA) is 89.6 Å². The predicted octanol–water partition coefficient (Wildman–Crippen LogP) is 5.39. The molecule has 0 aliphatic carbocycles. The van der Waals surface area contributed by atoms with Gasteiger partial charge in [-0.05, 0) is 42.3 Å². The molecule has 0 unspecified atom stereocenters. The van der Waals surface area contributed by atoms with Crippen LogP contribution in [0.25, 0.3) is 33.5 Å². The van der Waals surface area contributed by atoms with Gasteiger partial charge in [-0.15, -0.1) is 0 Å². The molecule has 0 fully saturated rings. The molecule has 1 atom stereocenters. The number of anilines is 1. The zero-order chi connectivity index (χ0) is 23.3. The quantitative estimate of drug-likeness (QED) is 0.334. The largest absolute Gasteiger partial charge is 0.368 e. The van der Waals surface area contributed by atoms with Crippen molar-refractivity contribution in [3.8, 4) is 22.6 Å². The van der Waals surface area contributed by atoms with E-state index < -0.39 is 0 Å². The van der Waals surface area contributed by atoms with Crippen LogP contribution in [0.3, 0.4) is 0 Å². The van der Waals surface area contributed by atoms with Crippen molar-refractivity contribution in [3.63, 3.8) is 0 Å². The highest BCUT2D eigenvalue weighted by atomic mass is 35.5. The summed E-state index contributed by atoms with van der Waals surface area (Å²) in [6.45, 7) is 0.561. The average molecular weight is 467 g/mol. The van der Waals surface area contributed by atoms with Gasteiger partial charge in [0.2, 0.25) is 0 Å². The van der Waals surface area contributed by atoms with E-state index in [0.717, 1.165) is 34.1 Å². The molecule has 34 heavy (non-hydrogen) atoms. The Hall–Kier alpha value is -3.87. The predicted molar refractivity (Wildman–Crippen MR) is 138 cm³/mol. The van der Waals surface area contributed by atoms with Crippen LogP contribution in [0.5, 0.6) is 0 Å². The fourth-order valence-corrected chi connectivity index (χ4v) is 4.07. The summed E-state index contributed by atoms with van der Waals surface area (Å²) in [6, 6.07) is 23.5. The fraction of sp³-hybridized carbons (Fsp3) is 0.111. The Kier molecular flexibility index (Phi) is 6.42. The molecule has 0 aliphatic rings. The third kappa shape index (κ3) is 4.88. The summed E-state index contributed by atoms with van der Waals surface area (Å²) < 4.78 is 0. The number of hydrogen-bond acceptors (Lipinski definition) is 6. The van der Waals surface area contributed by atoms with Crippen molar-refractivity contribution < 1.29 is 0 Å². The normalized spacial score (nSPS) is 11.9. The van der Waals surface area contributed by atoms with Crippen molar-refractivity contribution in [3.05, 3.63) is 102 Å². The summed E-state index contributed by atoms with van der Waals surface area (Å²) in [6.07, 6.45) is 5.99. The molecule has 0 radical (unpaired) electrons. The second-order valence-corrected chi connectivity index (χ2v) is 8.46. The third-order valence-corrected chi connectivity index (χ3v) is 5.76. The number of nitrogens with zero attached hydrogens (tertiary/aromatic N) is 4. The van der Waals surface area contributed by atoms with Crippen molar-refractivity contribution in [2.24, 2.45) is 5.73 Å². The van der Waals surface area contributed by atoms with Crippen LogP contribution in [0, 0.1) is 0 Å². The van der Waals surface area contributed by atoms with Gasteiger partial charge in [-0.3, -0.25) is 9.97 Å².